The number of fused-ring (bicyclic) bond motifs is 1. The number of rotatable bonds is 5. The first kappa shape index (κ1) is 15.6. The number of sulfonamides is 1. The molecule has 1 aromatic rings. The molecule has 1 heterocycles. The maximum Gasteiger partial charge on any atom is 0.244 e. The summed E-state index contributed by atoms with van der Waals surface area (Å²) in [5.74, 6) is 1.08. The number of hydrogen-bond donors (Lipinski definition) is 2. The summed E-state index contributed by atoms with van der Waals surface area (Å²) in [6.07, 6.45) is 4.33. The normalized spacial score (nSPS) is 20.0. The molecular weight excluding hydrogens is 304 g/mol. The quantitative estimate of drug-likeness (QED) is 0.850. The highest BCUT2D eigenvalue weighted by molar-refractivity contribution is 7.89. The predicted molar refractivity (Wildman–Crippen MR) is 82.6 cm³/mol. The van der Waals surface area contributed by atoms with E-state index in [0.29, 0.717) is 37.2 Å². The molecule has 1 fully saturated rings. The van der Waals surface area contributed by atoms with Crippen LogP contribution in [0.2, 0.25) is 0 Å². The van der Waals surface area contributed by atoms with Crippen LogP contribution in [0.25, 0.3) is 0 Å². The SMILES string of the molecule is NCC(NS(=O)(=O)c1cccc2c1OCCO2)C1CCCC1. The smallest absolute Gasteiger partial charge is 0.244 e. The molecule has 1 aromatic carbocycles. The molecule has 0 aromatic heterocycles. The molecule has 1 aliphatic carbocycles. The van der Waals surface area contributed by atoms with E-state index in [9.17, 15) is 8.42 Å². The molecule has 3 N–H and O–H groups in total. The van der Waals surface area contributed by atoms with Crippen LogP contribution in [-0.4, -0.2) is 34.2 Å². The minimum atomic E-state index is -3.69. The van der Waals surface area contributed by atoms with Crippen LogP contribution in [0.4, 0.5) is 0 Å². The van der Waals surface area contributed by atoms with Crippen LogP contribution < -0.4 is 19.9 Å². The van der Waals surface area contributed by atoms with E-state index < -0.39 is 10.0 Å². The fraction of sp³-hybridized carbons (Fsp3) is 0.600. The molecule has 1 unspecified atom stereocenters. The molecule has 1 atom stereocenters. The first-order valence-electron chi connectivity index (χ1n) is 7.73. The van der Waals surface area contributed by atoms with Crippen molar-refractivity contribution in [3.63, 3.8) is 0 Å². The van der Waals surface area contributed by atoms with Crippen molar-refractivity contribution in [1.29, 1.82) is 0 Å². The Morgan fingerprint density at radius 1 is 1.23 bits per heavy atom. The number of ether oxygens (including phenoxy) is 2. The summed E-state index contributed by atoms with van der Waals surface area (Å²) >= 11 is 0. The van der Waals surface area contributed by atoms with Crippen LogP contribution in [0.3, 0.4) is 0 Å². The third kappa shape index (κ3) is 3.06. The van der Waals surface area contributed by atoms with Gasteiger partial charge in [-0.15, -0.1) is 0 Å². The second kappa shape index (κ2) is 6.44. The fourth-order valence-corrected chi connectivity index (χ4v) is 4.69. The lowest BCUT2D eigenvalue weighted by molar-refractivity contribution is 0.167. The molecule has 122 valence electrons. The molecule has 0 radical (unpaired) electrons. The number of nitrogens with one attached hydrogen (secondary N) is 1. The molecule has 0 amide bonds. The summed E-state index contributed by atoms with van der Waals surface area (Å²) < 4.78 is 39.2. The third-order valence-corrected chi connectivity index (χ3v) is 5.86. The lowest BCUT2D eigenvalue weighted by atomic mass is 9.99. The van der Waals surface area contributed by atoms with Gasteiger partial charge in [-0.05, 0) is 30.9 Å². The Bertz CT molecular complexity index is 626. The molecule has 6 nitrogen and oxygen atoms in total. The second-order valence-corrected chi connectivity index (χ2v) is 7.47. The Labute approximate surface area is 131 Å². The molecule has 2 aliphatic rings. The largest absolute Gasteiger partial charge is 0.486 e. The van der Waals surface area contributed by atoms with Crippen molar-refractivity contribution in [3.05, 3.63) is 18.2 Å². The van der Waals surface area contributed by atoms with Crippen LogP contribution in [0, 0.1) is 5.92 Å². The van der Waals surface area contributed by atoms with Crippen molar-refractivity contribution in [2.45, 2.75) is 36.6 Å². The molecule has 0 saturated heterocycles. The van der Waals surface area contributed by atoms with Gasteiger partial charge < -0.3 is 15.2 Å². The van der Waals surface area contributed by atoms with Crippen LogP contribution in [-0.2, 0) is 10.0 Å². The van der Waals surface area contributed by atoms with Gasteiger partial charge in [-0.25, -0.2) is 13.1 Å². The third-order valence-electron chi connectivity index (χ3n) is 4.35. The van der Waals surface area contributed by atoms with Gasteiger partial charge in [0.05, 0.1) is 0 Å². The highest BCUT2D eigenvalue weighted by Gasteiger charge is 2.31. The standard InChI is InChI=1S/C15H22N2O4S/c16-10-12(11-4-1-2-5-11)17-22(18,19)14-7-3-6-13-15(14)21-9-8-20-13/h3,6-7,11-12,17H,1-2,4-5,8-10,16H2. The lowest BCUT2D eigenvalue weighted by Crippen LogP contribution is -2.44. The highest BCUT2D eigenvalue weighted by atomic mass is 32.2. The average molecular weight is 326 g/mol. The Morgan fingerprint density at radius 3 is 2.68 bits per heavy atom. The van der Waals surface area contributed by atoms with Crippen LogP contribution in [0.5, 0.6) is 11.5 Å². The van der Waals surface area contributed by atoms with E-state index in [-0.39, 0.29) is 10.9 Å². The van der Waals surface area contributed by atoms with E-state index in [1.807, 2.05) is 0 Å². The van der Waals surface area contributed by atoms with E-state index in [0.717, 1.165) is 25.7 Å². The minimum Gasteiger partial charge on any atom is -0.486 e. The number of nitrogens with two attached hydrogens (primary N) is 1. The zero-order valence-electron chi connectivity index (χ0n) is 12.5. The zero-order valence-corrected chi connectivity index (χ0v) is 13.3. The maximum atomic E-state index is 12.7. The van der Waals surface area contributed by atoms with Gasteiger partial charge in [-0.2, -0.15) is 0 Å². The molecule has 7 heteroatoms. The summed E-state index contributed by atoms with van der Waals surface area (Å²) in [6.45, 7) is 1.08. The van der Waals surface area contributed by atoms with E-state index >= 15 is 0 Å². The second-order valence-electron chi connectivity index (χ2n) is 5.79. The van der Waals surface area contributed by atoms with E-state index in [1.54, 1.807) is 12.1 Å². The van der Waals surface area contributed by atoms with Gasteiger partial charge in [-0.3, -0.25) is 0 Å². The van der Waals surface area contributed by atoms with Gasteiger partial charge in [0.1, 0.15) is 18.1 Å². The van der Waals surface area contributed by atoms with Gasteiger partial charge >= 0.3 is 0 Å². The van der Waals surface area contributed by atoms with Gasteiger partial charge in [0.15, 0.2) is 11.5 Å². The van der Waals surface area contributed by atoms with E-state index in [1.165, 1.54) is 6.07 Å². The van der Waals surface area contributed by atoms with Gasteiger partial charge in [-0.1, -0.05) is 18.9 Å². The van der Waals surface area contributed by atoms with E-state index in [2.05, 4.69) is 4.72 Å². The first-order chi connectivity index (χ1) is 10.6. The highest BCUT2D eigenvalue weighted by Crippen LogP contribution is 2.37. The van der Waals surface area contributed by atoms with Crippen molar-refractivity contribution in [2.24, 2.45) is 11.7 Å². The predicted octanol–water partition coefficient (Wildman–Crippen LogP) is 1.25. The number of hydrogen-bond acceptors (Lipinski definition) is 5. The van der Waals surface area contributed by atoms with Crippen molar-refractivity contribution in [1.82, 2.24) is 4.72 Å². The number of benzene rings is 1. The Hall–Kier alpha value is -1.31. The van der Waals surface area contributed by atoms with Gasteiger partial charge in [0.2, 0.25) is 10.0 Å². The summed E-state index contributed by atoms with van der Waals surface area (Å²) in [7, 11) is -3.69. The molecular formula is C15H22N2O4S. The van der Waals surface area contributed by atoms with E-state index in [4.69, 9.17) is 15.2 Å². The Balaban J connectivity index is 1.86. The molecule has 0 spiro atoms. The van der Waals surface area contributed by atoms with Crippen molar-refractivity contribution < 1.29 is 17.9 Å². The summed E-state index contributed by atoms with van der Waals surface area (Å²) in [6, 6.07) is 4.69. The molecule has 1 aliphatic heterocycles. The molecule has 22 heavy (non-hydrogen) atoms. The summed E-state index contributed by atoms with van der Waals surface area (Å²) in [5, 5.41) is 0. The summed E-state index contributed by atoms with van der Waals surface area (Å²) in [4.78, 5) is 0.126. The van der Waals surface area contributed by atoms with Crippen LogP contribution in [0.1, 0.15) is 25.7 Å². The van der Waals surface area contributed by atoms with Crippen LogP contribution in [0.15, 0.2) is 23.1 Å². The van der Waals surface area contributed by atoms with Gasteiger partial charge in [0, 0.05) is 12.6 Å². The Morgan fingerprint density at radius 2 is 1.95 bits per heavy atom. The molecule has 0 bridgehead atoms. The maximum absolute atomic E-state index is 12.7. The topological polar surface area (TPSA) is 90.7 Å². The molecule has 1 saturated carbocycles. The Kier molecular flexibility index (Phi) is 4.56. The summed E-state index contributed by atoms with van der Waals surface area (Å²) in [5.41, 5.74) is 5.79. The van der Waals surface area contributed by atoms with Crippen molar-refractivity contribution in [3.8, 4) is 11.5 Å². The van der Waals surface area contributed by atoms with Crippen molar-refractivity contribution >= 4 is 10.0 Å². The number of para-hydroxylation sites is 1. The van der Waals surface area contributed by atoms with Crippen molar-refractivity contribution in [2.75, 3.05) is 19.8 Å². The van der Waals surface area contributed by atoms with Crippen LogP contribution >= 0.6 is 0 Å². The van der Waals surface area contributed by atoms with Gasteiger partial charge in [0.25, 0.3) is 0 Å². The molecule has 3 rings (SSSR count). The monoisotopic (exact) mass is 326 g/mol. The zero-order chi connectivity index (χ0) is 15.6. The average Bonchev–Trinajstić information content (AvgIpc) is 3.06. The minimum absolute atomic E-state index is 0.126. The first-order valence-corrected chi connectivity index (χ1v) is 9.21. The lowest BCUT2D eigenvalue weighted by Gasteiger charge is -2.25. The fourth-order valence-electron chi connectivity index (χ4n) is 3.22.